The highest BCUT2D eigenvalue weighted by atomic mass is 16.1. The van der Waals surface area contributed by atoms with E-state index in [1.54, 1.807) is 6.07 Å². The predicted molar refractivity (Wildman–Crippen MR) is 78.3 cm³/mol. The molecule has 19 heavy (non-hydrogen) atoms. The zero-order chi connectivity index (χ0) is 13.8. The molecule has 4 heteroatoms. The van der Waals surface area contributed by atoms with Crippen LogP contribution in [0.15, 0.2) is 29.1 Å². The summed E-state index contributed by atoms with van der Waals surface area (Å²) in [6, 6.07) is 7.56. The van der Waals surface area contributed by atoms with E-state index in [9.17, 15) is 4.79 Å². The fourth-order valence-corrected chi connectivity index (χ4v) is 2.11. The van der Waals surface area contributed by atoms with Crippen molar-refractivity contribution >= 4 is 10.9 Å². The van der Waals surface area contributed by atoms with Crippen LogP contribution in [0, 0.1) is 0 Å². The fraction of sp³-hybridized carbons (Fsp3) is 0.467. The molecule has 1 N–H and O–H groups in total. The Morgan fingerprint density at radius 1 is 1.37 bits per heavy atom. The maximum atomic E-state index is 12.0. The van der Waals surface area contributed by atoms with E-state index < -0.39 is 0 Å². The number of nitrogens with zero attached hydrogens (tertiary/aromatic N) is 2. The zero-order valence-electron chi connectivity index (χ0n) is 11.8. The standard InChI is InChI=1S/C15H21N3O/c1-4-5-10-18(3)11(2)14-16-13-9-7-6-8-12(13)15(19)17-14/h6-9,11H,4-5,10H2,1-3H3,(H,16,17,19). The van der Waals surface area contributed by atoms with Crippen LogP contribution >= 0.6 is 0 Å². The normalized spacial score (nSPS) is 13.1. The maximum absolute atomic E-state index is 12.0. The van der Waals surface area contributed by atoms with E-state index in [0.29, 0.717) is 5.39 Å². The number of para-hydroxylation sites is 1. The molecule has 1 aromatic heterocycles. The third kappa shape index (κ3) is 3.01. The van der Waals surface area contributed by atoms with Crippen LogP contribution in [0.4, 0.5) is 0 Å². The van der Waals surface area contributed by atoms with Gasteiger partial charge in [0.1, 0.15) is 5.82 Å². The monoisotopic (exact) mass is 259 g/mol. The van der Waals surface area contributed by atoms with Crippen LogP contribution in [-0.4, -0.2) is 28.5 Å². The van der Waals surface area contributed by atoms with Gasteiger partial charge in [-0.1, -0.05) is 25.5 Å². The molecule has 0 bridgehead atoms. The Bertz CT molecular complexity index is 606. The van der Waals surface area contributed by atoms with Crippen LogP contribution in [-0.2, 0) is 0 Å². The van der Waals surface area contributed by atoms with Crippen LogP contribution < -0.4 is 5.56 Å². The van der Waals surface area contributed by atoms with E-state index >= 15 is 0 Å². The molecule has 2 rings (SSSR count). The van der Waals surface area contributed by atoms with Gasteiger partial charge in [0.15, 0.2) is 0 Å². The second-order valence-corrected chi connectivity index (χ2v) is 4.98. The Kier molecular flexibility index (Phi) is 4.32. The van der Waals surface area contributed by atoms with Crippen molar-refractivity contribution in [3.63, 3.8) is 0 Å². The van der Waals surface area contributed by atoms with Gasteiger partial charge >= 0.3 is 0 Å². The van der Waals surface area contributed by atoms with E-state index in [2.05, 4.69) is 35.8 Å². The van der Waals surface area contributed by atoms with Crippen LogP contribution in [0.25, 0.3) is 10.9 Å². The molecule has 4 nitrogen and oxygen atoms in total. The first-order chi connectivity index (χ1) is 9.13. The summed E-state index contributed by atoms with van der Waals surface area (Å²) in [5, 5.41) is 0.648. The van der Waals surface area contributed by atoms with Crippen LogP contribution in [0.1, 0.15) is 38.6 Å². The van der Waals surface area contributed by atoms with Gasteiger partial charge < -0.3 is 4.98 Å². The molecule has 0 aliphatic rings. The third-order valence-electron chi connectivity index (χ3n) is 3.55. The van der Waals surface area contributed by atoms with Gasteiger partial charge in [0.2, 0.25) is 0 Å². The number of H-pyrrole nitrogens is 1. The number of fused-ring (bicyclic) bond motifs is 1. The molecular weight excluding hydrogens is 238 g/mol. The van der Waals surface area contributed by atoms with E-state index in [1.807, 2.05) is 18.2 Å². The first-order valence-electron chi connectivity index (χ1n) is 6.82. The Hall–Kier alpha value is -1.68. The molecule has 1 unspecified atom stereocenters. The van der Waals surface area contributed by atoms with E-state index in [0.717, 1.165) is 24.3 Å². The number of rotatable bonds is 5. The minimum atomic E-state index is -0.0589. The van der Waals surface area contributed by atoms with Crippen molar-refractivity contribution in [2.75, 3.05) is 13.6 Å². The summed E-state index contributed by atoms with van der Waals surface area (Å²) in [5.74, 6) is 0.738. The predicted octanol–water partition coefficient (Wildman–Crippen LogP) is 2.72. The minimum absolute atomic E-state index is 0.0589. The maximum Gasteiger partial charge on any atom is 0.258 e. The summed E-state index contributed by atoms with van der Waals surface area (Å²) in [6.45, 7) is 5.26. The smallest absolute Gasteiger partial charge is 0.258 e. The van der Waals surface area contributed by atoms with Crippen molar-refractivity contribution in [2.45, 2.75) is 32.7 Å². The summed E-state index contributed by atoms with van der Waals surface area (Å²) in [7, 11) is 2.06. The lowest BCUT2D eigenvalue weighted by molar-refractivity contribution is 0.248. The van der Waals surface area contributed by atoms with Crippen molar-refractivity contribution in [3.8, 4) is 0 Å². The van der Waals surface area contributed by atoms with Gasteiger partial charge in [-0.3, -0.25) is 9.69 Å². The lowest BCUT2D eigenvalue weighted by Crippen LogP contribution is -2.27. The molecule has 0 saturated heterocycles. The lowest BCUT2D eigenvalue weighted by atomic mass is 10.2. The third-order valence-corrected chi connectivity index (χ3v) is 3.55. The van der Waals surface area contributed by atoms with Crippen LogP contribution in [0.3, 0.4) is 0 Å². The average Bonchev–Trinajstić information content (AvgIpc) is 2.43. The second kappa shape index (κ2) is 5.97. The molecule has 0 aliphatic carbocycles. The molecule has 2 aromatic rings. The Morgan fingerprint density at radius 3 is 2.84 bits per heavy atom. The van der Waals surface area contributed by atoms with Crippen LogP contribution in [0.2, 0.25) is 0 Å². The summed E-state index contributed by atoms with van der Waals surface area (Å²) < 4.78 is 0. The van der Waals surface area contributed by atoms with E-state index in [1.165, 1.54) is 6.42 Å². The molecule has 0 saturated carbocycles. The highest BCUT2D eigenvalue weighted by molar-refractivity contribution is 5.77. The van der Waals surface area contributed by atoms with Gasteiger partial charge in [0.05, 0.1) is 16.9 Å². The number of aromatic nitrogens is 2. The topological polar surface area (TPSA) is 49.0 Å². The van der Waals surface area contributed by atoms with Crippen molar-refractivity contribution < 1.29 is 0 Å². The molecule has 0 radical (unpaired) electrons. The Morgan fingerprint density at radius 2 is 2.11 bits per heavy atom. The molecule has 0 spiro atoms. The first-order valence-corrected chi connectivity index (χ1v) is 6.82. The summed E-state index contributed by atoms with van der Waals surface area (Å²) >= 11 is 0. The van der Waals surface area contributed by atoms with Gasteiger partial charge in [0.25, 0.3) is 5.56 Å². The number of unbranched alkanes of at least 4 members (excludes halogenated alkanes) is 1. The number of aromatic amines is 1. The molecule has 0 aliphatic heterocycles. The highest BCUT2D eigenvalue weighted by Gasteiger charge is 2.14. The minimum Gasteiger partial charge on any atom is -0.309 e. The van der Waals surface area contributed by atoms with Crippen molar-refractivity contribution in [2.24, 2.45) is 0 Å². The highest BCUT2D eigenvalue weighted by Crippen LogP contribution is 2.16. The van der Waals surface area contributed by atoms with Gasteiger partial charge in [0, 0.05) is 0 Å². The Labute approximate surface area is 113 Å². The molecule has 1 atom stereocenters. The largest absolute Gasteiger partial charge is 0.309 e. The second-order valence-electron chi connectivity index (χ2n) is 4.98. The van der Waals surface area contributed by atoms with Gasteiger partial charge in [-0.25, -0.2) is 4.98 Å². The van der Waals surface area contributed by atoms with E-state index in [-0.39, 0.29) is 11.6 Å². The summed E-state index contributed by atoms with van der Waals surface area (Å²) in [4.78, 5) is 21.7. The first kappa shape index (κ1) is 13.7. The number of hydrogen-bond donors (Lipinski definition) is 1. The van der Waals surface area contributed by atoms with Crippen molar-refractivity contribution in [1.29, 1.82) is 0 Å². The molecule has 1 aromatic carbocycles. The number of hydrogen-bond acceptors (Lipinski definition) is 3. The van der Waals surface area contributed by atoms with Crippen molar-refractivity contribution in [3.05, 3.63) is 40.4 Å². The van der Waals surface area contributed by atoms with Gasteiger partial charge in [-0.05, 0) is 39.1 Å². The van der Waals surface area contributed by atoms with Crippen LogP contribution in [0.5, 0.6) is 0 Å². The zero-order valence-corrected chi connectivity index (χ0v) is 11.8. The summed E-state index contributed by atoms with van der Waals surface area (Å²) in [6.07, 6.45) is 2.32. The quantitative estimate of drug-likeness (QED) is 0.898. The number of nitrogens with one attached hydrogen (secondary N) is 1. The Balaban J connectivity index is 2.32. The van der Waals surface area contributed by atoms with E-state index in [4.69, 9.17) is 0 Å². The van der Waals surface area contributed by atoms with Gasteiger partial charge in [-0.15, -0.1) is 0 Å². The molecular formula is C15H21N3O. The fourth-order valence-electron chi connectivity index (χ4n) is 2.11. The SMILES string of the molecule is CCCCN(C)C(C)c1nc2ccccc2c(=O)[nH]1. The average molecular weight is 259 g/mol. The molecule has 1 heterocycles. The molecule has 0 amide bonds. The van der Waals surface area contributed by atoms with Crippen molar-refractivity contribution in [1.82, 2.24) is 14.9 Å². The molecule has 102 valence electrons. The summed E-state index contributed by atoms with van der Waals surface area (Å²) in [5.41, 5.74) is 0.702. The van der Waals surface area contributed by atoms with Gasteiger partial charge in [-0.2, -0.15) is 0 Å². The lowest BCUT2D eigenvalue weighted by Gasteiger charge is -2.23. The number of benzene rings is 1. The molecule has 0 fully saturated rings.